The Morgan fingerprint density at radius 3 is 2.59 bits per heavy atom. The van der Waals surface area contributed by atoms with Crippen LogP contribution in [-0.2, 0) is 13.1 Å². The van der Waals surface area contributed by atoms with Gasteiger partial charge < -0.3 is 9.67 Å². The van der Waals surface area contributed by atoms with Crippen LogP contribution in [0.3, 0.4) is 0 Å². The molecule has 1 aromatic carbocycles. The number of halogens is 2. The van der Waals surface area contributed by atoms with Gasteiger partial charge in [0.15, 0.2) is 11.6 Å². The standard InChI is InChI=1S/C23H25F2N3O/c1-15-8-17-6-7-26-12-22(17)28(15)14-23(29)10-18-3-4-19(11-23)27(18)13-16-2-5-20(24)21(25)9-16/h2,5-9,12,18-19,29H,3-4,10-11,13-14H2,1H3. The van der Waals surface area contributed by atoms with Gasteiger partial charge in [0.25, 0.3) is 0 Å². The Hall–Kier alpha value is -2.31. The maximum absolute atomic E-state index is 13.6. The first-order chi connectivity index (χ1) is 13.9. The SMILES string of the molecule is Cc1cc2ccncc2n1CC1(O)CC2CCC(C1)N2Cc1ccc(F)c(F)c1. The quantitative estimate of drug-likeness (QED) is 0.718. The smallest absolute Gasteiger partial charge is 0.159 e. The highest BCUT2D eigenvalue weighted by Crippen LogP contribution is 2.43. The average Bonchev–Trinajstić information content (AvgIpc) is 3.12. The number of hydrogen-bond donors (Lipinski definition) is 1. The second-order valence-electron chi connectivity index (χ2n) is 8.74. The molecule has 3 aromatic rings. The molecule has 5 rings (SSSR count). The van der Waals surface area contributed by atoms with E-state index in [1.807, 2.05) is 12.3 Å². The van der Waals surface area contributed by atoms with Gasteiger partial charge in [-0.15, -0.1) is 0 Å². The second kappa shape index (κ2) is 6.89. The van der Waals surface area contributed by atoms with Crippen molar-refractivity contribution in [1.29, 1.82) is 0 Å². The number of piperidine rings is 1. The summed E-state index contributed by atoms with van der Waals surface area (Å²) in [5, 5.41) is 12.6. The molecule has 0 amide bonds. The van der Waals surface area contributed by atoms with Crippen LogP contribution in [0.2, 0.25) is 0 Å². The fourth-order valence-corrected chi connectivity index (χ4v) is 5.39. The predicted molar refractivity (Wildman–Crippen MR) is 107 cm³/mol. The normalized spacial score (nSPS) is 27.0. The van der Waals surface area contributed by atoms with Gasteiger partial charge in [-0.2, -0.15) is 0 Å². The summed E-state index contributed by atoms with van der Waals surface area (Å²) in [6.45, 7) is 3.22. The third-order valence-electron chi connectivity index (χ3n) is 6.72. The van der Waals surface area contributed by atoms with Gasteiger partial charge in [0, 0.05) is 35.9 Å². The summed E-state index contributed by atoms with van der Waals surface area (Å²) in [5.74, 6) is -1.61. The second-order valence-corrected chi connectivity index (χ2v) is 8.74. The number of hydrogen-bond acceptors (Lipinski definition) is 3. The number of fused-ring (bicyclic) bond motifs is 3. The first-order valence-corrected chi connectivity index (χ1v) is 10.2. The Bertz CT molecular complexity index is 1050. The minimum Gasteiger partial charge on any atom is -0.388 e. The molecular weight excluding hydrogens is 372 g/mol. The van der Waals surface area contributed by atoms with Crippen molar-refractivity contribution in [3.63, 3.8) is 0 Å². The first-order valence-electron chi connectivity index (χ1n) is 10.2. The Labute approximate surface area is 168 Å². The van der Waals surface area contributed by atoms with E-state index in [4.69, 9.17) is 0 Å². The van der Waals surface area contributed by atoms with Gasteiger partial charge in [0.1, 0.15) is 0 Å². The summed E-state index contributed by atoms with van der Waals surface area (Å²) in [6.07, 6.45) is 7.09. The van der Waals surface area contributed by atoms with Crippen molar-refractivity contribution in [2.45, 2.75) is 63.4 Å². The average molecular weight is 397 g/mol. The fraction of sp³-hybridized carbons (Fsp3) is 0.435. The van der Waals surface area contributed by atoms with E-state index in [0.29, 0.717) is 25.9 Å². The number of aromatic nitrogens is 2. The van der Waals surface area contributed by atoms with Crippen LogP contribution < -0.4 is 0 Å². The predicted octanol–water partition coefficient (Wildman–Crippen LogP) is 4.18. The summed E-state index contributed by atoms with van der Waals surface area (Å²) in [7, 11) is 0. The van der Waals surface area contributed by atoms with Crippen LogP contribution in [0.5, 0.6) is 0 Å². The Morgan fingerprint density at radius 2 is 1.86 bits per heavy atom. The molecule has 2 saturated heterocycles. The van der Waals surface area contributed by atoms with E-state index in [-0.39, 0.29) is 12.1 Å². The zero-order chi connectivity index (χ0) is 20.2. The van der Waals surface area contributed by atoms with Crippen LogP contribution in [0.1, 0.15) is 36.9 Å². The van der Waals surface area contributed by atoms with Crippen LogP contribution >= 0.6 is 0 Å². The van der Waals surface area contributed by atoms with E-state index >= 15 is 0 Å². The maximum atomic E-state index is 13.6. The van der Waals surface area contributed by atoms with Crippen molar-refractivity contribution in [2.24, 2.45) is 0 Å². The number of nitrogens with zero attached hydrogens (tertiary/aromatic N) is 3. The highest BCUT2D eigenvalue weighted by atomic mass is 19.2. The fourth-order valence-electron chi connectivity index (χ4n) is 5.39. The molecule has 2 unspecified atom stereocenters. The molecular formula is C23H25F2N3O. The van der Waals surface area contributed by atoms with E-state index < -0.39 is 17.2 Å². The zero-order valence-electron chi connectivity index (χ0n) is 16.5. The topological polar surface area (TPSA) is 41.3 Å². The van der Waals surface area contributed by atoms with Crippen molar-refractivity contribution < 1.29 is 13.9 Å². The lowest BCUT2D eigenvalue weighted by molar-refractivity contribution is -0.0647. The summed E-state index contributed by atoms with van der Waals surface area (Å²) < 4.78 is 29.0. The van der Waals surface area contributed by atoms with Crippen molar-refractivity contribution >= 4 is 10.9 Å². The zero-order valence-corrected chi connectivity index (χ0v) is 16.5. The Morgan fingerprint density at radius 1 is 1.10 bits per heavy atom. The highest BCUT2D eigenvalue weighted by molar-refractivity contribution is 5.80. The molecule has 0 aliphatic carbocycles. The molecule has 2 aliphatic rings. The minimum absolute atomic E-state index is 0.257. The number of aryl methyl sites for hydroxylation is 1. The summed E-state index contributed by atoms with van der Waals surface area (Å²) in [4.78, 5) is 6.61. The van der Waals surface area contributed by atoms with Gasteiger partial charge in [-0.1, -0.05) is 6.07 Å². The minimum atomic E-state index is -0.812. The van der Waals surface area contributed by atoms with Crippen LogP contribution in [0.25, 0.3) is 10.9 Å². The molecule has 6 heteroatoms. The molecule has 2 bridgehead atoms. The molecule has 152 valence electrons. The van der Waals surface area contributed by atoms with Crippen LogP contribution in [0.4, 0.5) is 8.78 Å². The van der Waals surface area contributed by atoms with E-state index in [0.717, 1.165) is 35.0 Å². The van der Waals surface area contributed by atoms with Gasteiger partial charge in [0.2, 0.25) is 0 Å². The Kier molecular flexibility index (Phi) is 4.44. The molecule has 1 N–H and O–H groups in total. The van der Waals surface area contributed by atoms with Gasteiger partial charge in [0.05, 0.1) is 23.9 Å². The van der Waals surface area contributed by atoms with Crippen molar-refractivity contribution in [1.82, 2.24) is 14.5 Å². The molecule has 4 nitrogen and oxygen atoms in total. The molecule has 0 spiro atoms. The number of pyridine rings is 1. The third kappa shape index (κ3) is 3.34. The lowest BCUT2D eigenvalue weighted by Gasteiger charge is -2.44. The van der Waals surface area contributed by atoms with Gasteiger partial charge in [-0.05, 0) is 62.4 Å². The molecule has 2 aromatic heterocycles. The van der Waals surface area contributed by atoms with Gasteiger partial charge >= 0.3 is 0 Å². The summed E-state index contributed by atoms with van der Waals surface area (Å²) in [5.41, 5.74) is 2.18. The lowest BCUT2D eigenvalue weighted by atomic mass is 9.85. The van der Waals surface area contributed by atoms with Gasteiger partial charge in [-0.3, -0.25) is 9.88 Å². The van der Waals surface area contributed by atoms with E-state index in [9.17, 15) is 13.9 Å². The van der Waals surface area contributed by atoms with E-state index in [2.05, 4.69) is 27.4 Å². The van der Waals surface area contributed by atoms with Crippen molar-refractivity contribution in [2.75, 3.05) is 0 Å². The summed E-state index contributed by atoms with van der Waals surface area (Å²) >= 11 is 0. The van der Waals surface area contributed by atoms with Crippen LogP contribution in [0.15, 0.2) is 42.7 Å². The van der Waals surface area contributed by atoms with Crippen molar-refractivity contribution in [3.05, 3.63) is 65.6 Å². The molecule has 0 radical (unpaired) electrons. The van der Waals surface area contributed by atoms with E-state index in [1.165, 1.54) is 12.1 Å². The molecule has 2 atom stereocenters. The first kappa shape index (κ1) is 18.7. The highest BCUT2D eigenvalue weighted by Gasteiger charge is 2.47. The van der Waals surface area contributed by atoms with Crippen molar-refractivity contribution in [3.8, 4) is 0 Å². The molecule has 29 heavy (non-hydrogen) atoms. The number of benzene rings is 1. The summed E-state index contributed by atoms with van der Waals surface area (Å²) in [6, 6.07) is 8.78. The molecule has 2 fully saturated rings. The number of rotatable bonds is 4. The largest absolute Gasteiger partial charge is 0.388 e. The van der Waals surface area contributed by atoms with E-state index in [1.54, 1.807) is 12.3 Å². The van der Waals surface area contributed by atoms with Crippen LogP contribution in [0, 0.1) is 18.6 Å². The van der Waals surface area contributed by atoms with Gasteiger partial charge in [-0.25, -0.2) is 8.78 Å². The Balaban J connectivity index is 1.36. The number of aliphatic hydroxyl groups is 1. The third-order valence-corrected chi connectivity index (χ3v) is 6.72. The monoisotopic (exact) mass is 397 g/mol. The molecule has 4 heterocycles. The van der Waals surface area contributed by atoms with Crippen LogP contribution in [-0.4, -0.2) is 37.2 Å². The molecule has 0 saturated carbocycles. The molecule has 2 aliphatic heterocycles. The lowest BCUT2D eigenvalue weighted by Crippen LogP contribution is -2.52. The maximum Gasteiger partial charge on any atom is 0.159 e.